The van der Waals surface area contributed by atoms with Crippen LogP contribution in [-0.2, 0) is 13.0 Å². The average Bonchev–Trinajstić information content (AvgIpc) is 2.60. The minimum atomic E-state index is 0.975. The first-order valence-electron chi connectivity index (χ1n) is 8.05. The molecule has 0 fully saturated rings. The van der Waals surface area contributed by atoms with E-state index in [1.165, 1.54) is 38.0 Å². The van der Waals surface area contributed by atoms with E-state index in [9.17, 15) is 0 Å². The molecule has 0 saturated heterocycles. The second kappa shape index (κ2) is 6.26. The van der Waals surface area contributed by atoms with Crippen LogP contribution in [0, 0.1) is 6.92 Å². The summed E-state index contributed by atoms with van der Waals surface area (Å²) >= 11 is 1.71. The zero-order valence-electron chi connectivity index (χ0n) is 13.2. The number of nitrogens with one attached hydrogen (secondary N) is 2. The molecular formula is C20H20N2S. The zero-order valence-corrected chi connectivity index (χ0v) is 14.0. The van der Waals surface area contributed by atoms with E-state index in [0.717, 1.165) is 19.5 Å². The smallest absolute Gasteiger partial charge is 0.0479 e. The molecule has 3 aromatic rings. The molecule has 3 heteroatoms. The Balaban J connectivity index is 1.64. The summed E-state index contributed by atoms with van der Waals surface area (Å²) < 4.78 is 3.59. The lowest BCUT2D eigenvalue weighted by Crippen LogP contribution is -2.24. The molecule has 0 unspecified atom stereocenters. The largest absolute Gasteiger partial charge is 0.325 e. The predicted octanol–water partition coefficient (Wildman–Crippen LogP) is 4.91. The Labute approximate surface area is 141 Å². The molecule has 0 bridgehead atoms. The van der Waals surface area contributed by atoms with Gasteiger partial charge in [-0.05, 0) is 71.4 Å². The summed E-state index contributed by atoms with van der Waals surface area (Å²) in [6, 6.07) is 19.6. The summed E-state index contributed by atoms with van der Waals surface area (Å²) in [6.07, 6.45) is 1.09. The number of aryl methyl sites for hydroxylation is 1. The summed E-state index contributed by atoms with van der Waals surface area (Å²) in [5.41, 5.74) is 5.44. The third-order valence-corrected chi connectivity index (χ3v) is 5.41. The highest BCUT2D eigenvalue weighted by atomic mass is 32.2. The summed E-state index contributed by atoms with van der Waals surface area (Å²) in [6.45, 7) is 4.21. The van der Waals surface area contributed by atoms with E-state index in [2.05, 4.69) is 71.6 Å². The van der Waals surface area contributed by atoms with Crippen molar-refractivity contribution in [3.63, 3.8) is 0 Å². The van der Waals surface area contributed by atoms with Crippen molar-refractivity contribution in [3.05, 3.63) is 71.3 Å². The summed E-state index contributed by atoms with van der Waals surface area (Å²) in [5, 5.41) is 6.09. The fourth-order valence-corrected chi connectivity index (χ4v) is 4.11. The minimum absolute atomic E-state index is 0.975. The highest BCUT2D eigenvalue weighted by molar-refractivity contribution is 8.00. The molecular weight excluding hydrogens is 300 g/mol. The van der Waals surface area contributed by atoms with E-state index in [1.54, 1.807) is 11.9 Å². The predicted molar refractivity (Wildman–Crippen MR) is 100 cm³/mol. The van der Waals surface area contributed by atoms with Crippen LogP contribution in [0.4, 0.5) is 5.69 Å². The number of anilines is 1. The van der Waals surface area contributed by atoms with Crippen molar-refractivity contribution >= 4 is 28.4 Å². The van der Waals surface area contributed by atoms with Crippen LogP contribution in [0.25, 0.3) is 10.8 Å². The van der Waals surface area contributed by atoms with E-state index in [1.807, 2.05) is 0 Å². The highest BCUT2D eigenvalue weighted by Crippen LogP contribution is 2.32. The molecule has 4 rings (SSSR count). The molecule has 116 valence electrons. The SMILES string of the molecule is Cc1cccc2c(SNc3cccc4c3CCNC4)cccc12. The standard InChI is InChI=1S/C20H20N2S/c1-14-5-2-8-18-16(14)7-4-10-20(18)23-22-19-9-3-6-15-13-21-12-11-17(15)19/h2-10,21-22H,11-13H2,1H3. The van der Waals surface area contributed by atoms with Crippen molar-refractivity contribution < 1.29 is 0 Å². The molecule has 0 spiro atoms. The number of fused-ring (bicyclic) bond motifs is 2. The van der Waals surface area contributed by atoms with Crippen molar-refractivity contribution in [2.24, 2.45) is 0 Å². The van der Waals surface area contributed by atoms with Crippen LogP contribution in [-0.4, -0.2) is 6.54 Å². The average molecular weight is 320 g/mol. The van der Waals surface area contributed by atoms with E-state index >= 15 is 0 Å². The van der Waals surface area contributed by atoms with E-state index in [0.29, 0.717) is 0 Å². The lowest BCUT2D eigenvalue weighted by atomic mass is 9.99. The van der Waals surface area contributed by atoms with Crippen molar-refractivity contribution in [2.75, 3.05) is 11.3 Å². The number of benzene rings is 3. The topological polar surface area (TPSA) is 24.1 Å². The van der Waals surface area contributed by atoms with Crippen molar-refractivity contribution in [3.8, 4) is 0 Å². The molecule has 23 heavy (non-hydrogen) atoms. The third-order valence-electron chi connectivity index (χ3n) is 4.51. The van der Waals surface area contributed by atoms with Gasteiger partial charge >= 0.3 is 0 Å². The number of hydrogen-bond donors (Lipinski definition) is 2. The highest BCUT2D eigenvalue weighted by Gasteiger charge is 2.12. The van der Waals surface area contributed by atoms with Crippen LogP contribution in [0.1, 0.15) is 16.7 Å². The van der Waals surface area contributed by atoms with Crippen molar-refractivity contribution in [2.45, 2.75) is 24.8 Å². The monoisotopic (exact) mass is 320 g/mol. The van der Waals surface area contributed by atoms with Gasteiger partial charge in [-0.1, -0.05) is 42.5 Å². The Bertz CT molecular complexity index is 857. The van der Waals surface area contributed by atoms with Gasteiger partial charge in [0.2, 0.25) is 0 Å². The molecule has 0 aliphatic carbocycles. The molecule has 1 aliphatic heterocycles. The first-order valence-corrected chi connectivity index (χ1v) is 8.87. The second-order valence-corrected chi connectivity index (χ2v) is 6.85. The first-order chi connectivity index (χ1) is 11.3. The molecule has 1 aliphatic rings. The van der Waals surface area contributed by atoms with Crippen LogP contribution < -0.4 is 10.0 Å². The molecule has 0 aromatic heterocycles. The maximum absolute atomic E-state index is 3.59. The first kappa shape index (κ1) is 14.6. The van der Waals surface area contributed by atoms with Gasteiger partial charge in [0, 0.05) is 17.1 Å². The molecule has 0 radical (unpaired) electrons. The van der Waals surface area contributed by atoms with E-state index < -0.39 is 0 Å². The molecule has 0 amide bonds. The van der Waals surface area contributed by atoms with Gasteiger partial charge in [0.15, 0.2) is 0 Å². The lowest BCUT2D eigenvalue weighted by molar-refractivity contribution is 0.645. The molecule has 3 aromatic carbocycles. The van der Waals surface area contributed by atoms with Gasteiger partial charge in [-0.3, -0.25) is 0 Å². The van der Waals surface area contributed by atoms with Gasteiger partial charge in [0.25, 0.3) is 0 Å². The van der Waals surface area contributed by atoms with Crippen molar-refractivity contribution in [1.82, 2.24) is 5.32 Å². The molecule has 0 atom stereocenters. The van der Waals surface area contributed by atoms with Gasteiger partial charge in [-0.2, -0.15) is 0 Å². The van der Waals surface area contributed by atoms with Gasteiger partial charge in [0.1, 0.15) is 0 Å². The zero-order chi connectivity index (χ0) is 15.6. The van der Waals surface area contributed by atoms with Gasteiger partial charge < -0.3 is 10.0 Å². The Kier molecular flexibility index (Phi) is 3.98. The normalized spacial score (nSPS) is 13.8. The Morgan fingerprint density at radius 3 is 2.74 bits per heavy atom. The summed E-state index contributed by atoms with van der Waals surface area (Å²) in [4.78, 5) is 1.28. The van der Waals surface area contributed by atoms with Crippen LogP contribution in [0.5, 0.6) is 0 Å². The lowest BCUT2D eigenvalue weighted by Gasteiger charge is -2.21. The Morgan fingerprint density at radius 2 is 1.78 bits per heavy atom. The second-order valence-electron chi connectivity index (χ2n) is 6.00. The molecule has 0 saturated carbocycles. The fraction of sp³-hybridized carbons (Fsp3) is 0.200. The van der Waals surface area contributed by atoms with Crippen LogP contribution >= 0.6 is 11.9 Å². The van der Waals surface area contributed by atoms with Gasteiger partial charge in [-0.15, -0.1) is 0 Å². The van der Waals surface area contributed by atoms with E-state index in [-0.39, 0.29) is 0 Å². The third kappa shape index (κ3) is 2.82. The van der Waals surface area contributed by atoms with Crippen LogP contribution in [0.3, 0.4) is 0 Å². The summed E-state index contributed by atoms with van der Waals surface area (Å²) in [5.74, 6) is 0. The number of rotatable bonds is 3. The summed E-state index contributed by atoms with van der Waals surface area (Å²) in [7, 11) is 0. The quantitative estimate of drug-likeness (QED) is 0.670. The van der Waals surface area contributed by atoms with Crippen LogP contribution in [0.15, 0.2) is 59.5 Å². The van der Waals surface area contributed by atoms with Gasteiger partial charge in [0.05, 0.1) is 0 Å². The molecule has 2 N–H and O–H groups in total. The van der Waals surface area contributed by atoms with Gasteiger partial charge in [-0.25, -0.2) is 0 Å². The fourth-order valence-electron chi connectivity index (χ4n) is 3.26. The molecule has 1 heterocycles. The van der Waals surface area contributed by atoms with Crippen LogP contribution in [0.2, 0.25) is 0 Å². The number of hydrogen-bond acceptors (Lipinski definition) is 3. The minimum Gasteiger partial charge on any atom is -0.325 e. The maximum atomic E-state index is 3.59. The van der Waals surface area contributed by atoms with E-state index in [4.69, 9.17) is 0 Å². The van der Waals surface area contributed by atoms with Crippen molar-refractivity contribution in [1.29, 1.82) is 0 Å². The molecule has 2 nitrogen and oxygen atoms in total. The Morgan fingerprint density at radius 1 is 0.957 bits per heavy atom. The Hall–Kier alpha value is -1.97. The maximum Gasteiger partial charge on any atom is 0.0479 e.